The first-order valence-corrected chi connectivity index (χ1v) is 9.86. The van der Waals surface area contributed by atoms with Crippen molar-refractivity contribution < 1.29 is 4.79 Å². The summed E-state index contributed by atoms with van der Waals surface area (Å²) in [5.74, 6) is 0.111. The van der Waals surface area contributed by atoms with E-state index in [9.17, 15) is 4.79 Å². The number of rotatable bonds is 3. The van der Waals surface area contributed by atoms with Crippen molar-refractivity contribution in [3.8, 4) is 10.6 Å². The molecule has 1 aromatic carbocycles. The van der Waals surface area contributed by atoms with E-state index in [0.717, 1.165) is 46.1 Å². The van der Waals surface area contributed by atoms with Crippen LogP contribution in [0.2, 0.25) is 0 Å². The number of fused-ring (bicyclic) bond motifs is 1. The number of aryl methyl sites for hydroxylation is 1. The summed E-state index contributed by atoms with van der Waals surface area (Å²) in [6.45, 7) is 6.52. The molecule has 1 atom stereocenters. The SMILES string of the molecule is Cc1nnc(-c2ccc3nnc(CC(=O)N4CCN(C)[C@@H](C)C4)cc3c2)s1. The third-order valence-electron chi connectivity index (χ3n) is 5.05. The van der Waals surface area contributed by atoms with Crippen molar-refractivity contribution in [2.75, 3.05) is 26.7 Å². The fourth-order valence-corrected chi connectivity index (χ4v) is 3.95. The zero-order valence-electron chi connectivity index (χ0n) is 15.7. The van der Waals surface area contributed by atoms with Crippen molar-refractivity contribution >= 4 is 28.1 Å². The Morgan fingerprint density at radius 3 is 2.78 bits per heavy atom. The summed E-state index contributed by atoms with van der Waals surface area (Å²) < 4.78 is 0. The highest BCUT2D eigenvalue weighted by Gasteiger charge is 2.24. The van der Waals surface area contributed by atoms with Gasteiger partial charge in [-0.1, -0.05) is 11.3 Å². The molecule has 0 bridgehead atoms. The van der Waals surface area contributed by atoms with Crippen LogP contribution in [0, 0.1) is 6.92 Å². The Kier molecular flexibility index (Phi) is 4.84. The lowest BCUT2D eigenvalue weighted by atomic mass is 10.1. The summed E-state index contributed by atoms with van der Waals surface area (Å²) in [6, 6.07) is 8.28. The van der Waals surface area contributed by atoms with Crippen LogP contribution in [0.15, 0.2) is 24.3 Å². The maximum Gasteiger partial charge on any atom is 0.228 e. The van der Waals surface area contributed by atoms with E-state index < -0.39 is 0 Å². The summed E-state index contributed by atoms with van der Waals surface area (Å²) in [4.78, 5) is 16.9. The van der Waals surface area contributed by atoms with Crippen molar-refractivity contribution in [2.24, 2.45) is 0 Å². The second kappa shape index (κ2) is 7.28. The predicted octanol–water partition coefficient (Wildman–Crippen LogP) is 2.16. The second-order valence-corrected chi connectivity index (χ2v) is 8.26. The van der Waals surface area contributed by atoms with Gasteiger partial charge in [-0.2, -0.15) is 10.2 Å². The van der Waals surface area contributed by atoms with Gasteiger partial charge in [0.15, 0.2) is 0 Å². The van der Waals surface area contributed by atoms with Gasteiger partial charge in [-0.15, -0.1) is 10.2 Å². The van der Waals surface area contributed by atoms with Gasteiger partial charge in [-0.05, 0) is 45.2 Å². The van der Waals surface area contributed by atoms with Crippen molar-refractivity contribution in [3.63, 3.8) is 0 Å². The van der Waals surface area contributed by atoms with Gasteiger partial charge in [0.2, 0.25) is 5.91 Å². The van der Waals surface area contributed by atoms with E-state index in [2.05, 4.69) is 39.3 Å². The second-order valence-electron chi connectivity index (χ2n) is 7.08. The minimum absolute atomic E-state index is 0.111. The van der Waals surface area contributed by atoms with Gasteiger partial charge in [-0.3, -0.25) is 4.79 Å². The van der Waals surface area contributed by atoms with Crippen molar-refractivity contribution in [3.05, 3.63) is 35.0 Å². The molecule has 2 aromatic heterocycles. The van der Waals surface area contributed by atoms with Crippen molar-refractivity contribution in [1.82, 2.24) is 30.2 Å². The van der Waals surface area contributed by atoms with E-state index in [1.165, 1.54) is 0 Å². The molecule has 1 aliphatic heterocycles. The molecule has 140 valence electrons. The Morgan fingerprint density at radius 2 is 2.04 bits per heavy atom. The first-order chi connectivity index (χ1) is 13.0. The minimum Gasteiger partial charge on any atom is -0.340 e. The van der Waals surface area contributed by atoms with Gasteiger partial charge >= 0.3 is 0 Å². The van der Waals surface area contributed by atoms with Gasteiger partial charge in [0.1, 0.15) is 10.0 Å². The molecule has 0 aliphatic carbocycles. The number of aromatic nitrogens is 4. The molecule has 1 amide bonds. The van der Waals surface area contributed by atoms with Crippen LogP contribution in [0.4, 0.5) is 0 Å². The first kappa shape index (κ1) is 17.9. The number of hydrogen-bond acceptors (Lipinski definition) is 7. The van der Waals surface area contributed by atoms with Crippen LogP contribution >= 0.6 is 11.3 Å². The number of hydrogen-bond donors (Lipinski definition) is 0. The summed E-state index contributed by atoms with van der Waals surface area (Å²) in [7, 11) is 2.10. The Bertz CT molecular complexity index is 987. The van der Waals surface area contributed by atoms with Crippen LogP contribution in [0.25, 0.3) is 21.5 Å². The number of benzene rings is 1. The third-order valence-corrected chi connectivity index (χ3v) is 5.94. The van der Waals surface area contributed by atoms with E-state index in [4.69, 9.17) is 0 Å². The first-order valence-electron chi connectivity index (χ1n) is 9.04. The number of amides is 1. The number of nitrogens with zero attached hydrogens (tertiary/aromatic N) is 6. The van der Waals surface area contributed by atoms with E-state index in [-0.39, 0.29) is 12.3 Å². The number of carbonyl (C=O) groups excluding carboxylic acids is 1. The van der Waals surface area contributed by atoms with Gasteiger partial charge in [0, 0.05) is 36.6 Å². The van der Waals surface area contributed by atoms with Gasteiger partial charge in [-0.25, -0.2) is 0 Å². The Morgan fingerprint density at radius 1 is 1.19 bits per heavy atom. The fourth-order valence-electron chi connectivity index (χ4n) is 3.26. The molecule has 0 spiro atoms. The molecule has 0 radical (unpaired) electrons. The summed E-state index contributed by atoms with van der Waals surface area (Å²) in [5, 5.41) is 19.6. The predicted molar refractivity (Wildman–Crippen MR) is 106 cm³/mol. The van der Waals surface area contributed by atoms with Crippen LogP contribution in [-0.2, 0) is 11.2 Å². The molecule has 4 rings (SSSR count). The molecule has 1 aliphatic rings. The van der Waals surface area contributed by atoms with E-state index in [1.54, 1.807) is 11.3 Å². The number of likely N-dealkylation sites (N-methyl/N-ethyl adjacent to an activating group) is 1. The van der Waals surface area contributed by atoms with Gasteiger partial charge < -0.3 is 9.80 Å². The largest absolute Gasteiger partial charge is 0.340 e. The highest BCUT2D eigenvalue weighted by molar-refractivity contribution is 7.14. The number of carbonyl (C=O) groups is 1. The van der Waals surface area contributed by atoms with Crippen LogP contribution in [0.5, 0.6) is 0 Å². The zero-order chi connectivity index (χ0) is 19.0. The van der Waals surface area contributed by atoms with E-state index >= 15 is 0 Å². The maximum atomic E-state index is 12.7. The normalized spacial score (nSPS) is 18.2. The molecule has 0 unspecified atom stereocenters. The van der Waals surface area contributed by atoms with Crippen LogP contribution in [-0.4, -0.2) is 68.8 Å². The zero-order valence-corrected chi connectivity index (χ0v) is 16.5. The van der Waals surface area contributed by atoms with Gasteiger partial charge in [0.25, 0.3) is 0 Å². The molecular formula is C19H22N6OS. The van der Waals surface area contributed by atoms with Gasteiger partial charge in [0.05, 0.1) is 17.6 Å². The van der Waals surface area contributed by atoms with Crippen molar-refractivity contribution in [1.29, 1.82) is 0 Å². The lowest BCUT2D eigenvalue weighted by Crippen LogP contribution is -2.52. The molecule has 3 heterocycles. The lowest BCUT2D eigenvalue weighted by molar-refractivity contribution is -0.133. The number of piperazine rings is 1. The average molecular weight is 382 g/mol. The highest BCUT2D eigenvalue weighted by Crippen LogP contribution is 2.26. The highest BCUT2D eigenvalue weighted by atomic mass is 32.1. The minimum atomic E-state index is 0.111. The Labute approximate surface area is 162 Å². The van der Waals surface area contributed by atoms with Crippen LogP contribution in [0.3, 0.4) is 0 Å². The fraction of sp³-hybridized carbons (Fsp3) is 0.421. The molecule has 1 fully saturated rings. The molecule has 7 nitrogen and oxygen atoms in total. The topological polar surface area (TPSA) is 75.1 Å². The average Bonchev–Trinajstić information content (AvgIpc) is 3.09. The smallest absolute Gasteiger partial charge is 0.228 e. The summed E-state index contributed by atoms with van der Waals surface area (Å²) in [6.07, 6.45) is 0.279. The molecule has 0 N–H and O–H groups in total. The monoisotopic (exact) mass is 382 g/mol. The summed E-state index contributed by atoms with van der Waals surface area (Å²) >= 11 is 1.56. The Balaban J connectivity index is 1.54. The molecule has 3 aromatic rings. The van der Waals surface area contributed by atoms with Crippen LogP contribution < -0.4 is 0 Å². The molecule has 27 heavy (non-hydrogen) atoms. The molecular weight excluding hydrogens is 360 g/mol. The van der Waals surface area contributed by atoms with Crippen molar-refractivity contribution in [2.45, 2.75) is 26.3 Å². The Hall–Kier alpha value is -2.45. The molecule has 1 saturated heterocycles. The maximum absolute atomic E-state index is 12.7. The third kappa shape index (κ3) is 3.81. The van der Waals surface area contributed by atoms with Crippen LogP contribution in [0.1, 0.15) is 17.6 Å². The summed E-state index contributed by atoms with van der Waals surface area (Å²) in [5.41, 5.74) is 2.51. The molecule has 8 heteroatoms. The standard InChI is InChI=1S/C19H22N6OS/c1-12-11-25(7-6-24(12)3)18(26)10-16-9-15-8-14(4-5-17(15)22-21-16)19-23-20-13(2)27-19/h4-5,8-9,12H,6-7,10-11H2,1-3H3/t12-/m0/s1. The van der Waals surface area contributed by atoms with E-state index in [0.29, 0.717) is 11.7 Å². The van der Waals surface area contributed by atoms with E-state index in [1.807, 2.05) is 36.1 Å². The lowest BCUT2D eigenvalue weighted by Gasteiger charge is -2.37. The quantitative estimate of drug-likeness (QED) is 0.691. The molecule has 0 saturated carbocycles.